The van der Waals surface area contributed by atoms with Crippen LogP contribution in [0.3, 0.4) is 0 Å². The van der Waals surface area contributed by atoms with Crippen molar-refractivity contribution < 1.29 is 4.42 Å². The molecule has 1 aliphatic rings. The Morgan fingerprint density at radius 1 is 0.201 bits per heavy atom. The highest BCUT2D eigenvalue weighted by molar-refractivity contribution is 6.14. The molecule has 25 rings (SSSR count). The van der Waals surface area contributed by atoms with E-state index in [9.17, 15) is 0 Å². The van der Waals surface area contributed by atoms with Crippen LogP contribution in [0.2, 0.25) is 0 Å². The van der Waals surface area contributed by atoms with Crippen LogP contribution in [0.1, 0.15) is 169 Å². The van der Waals surface area contributed by atoms with Crippen LogP contribution in [-0.2, 0) is 38.9 Å². The molecule has 0 atom stereocenters. The summed E-state index contributed by atoms with van der Waals surface area (Å²) in [4.78, 5) is 15.2. The van der Waals surface area contributed by atoms with E-state index in [0.717, 1.165) is 45.5 Å². The van der Waals surface area contributed by atoms with Crippen LogP contribution in [0.15, 0.2) is 405 Å². The van der Waals surface area contributed by atoms with E-state index >= 15 is 0 Å². The lowest BCUT2D eigenvalue weighted by molar-refractivity contribution is 0.537. The number of benzene rings is 17. The van der Waals surface area contributed by atoms with Crippen LogP contribution in [0.25, 0.3) is 171 Å². The first-order chi connectivity index (χ1) is 66.8. The van der Waals surface area contributed by atoms with Gasteiger partial charge in [-0.3, -0.25) is 9.13 Å². The van der Waals surface area contributed by atoms with Gasteiger partial charge in [-0.25, -0.2) is 0 Å². The predicted molar refractivity (Wildman–Crippen MR) is 591 cm³/mol. The number of nitrogens with zero attached hydrogens (tertiary/aromatic N) is 8. The molecule has 0 saturated carbocycles. The Morgan fingerprint density at radius 2 is 0.525 bits per heavy atom. The molecule has 0 N–H and O–H groups in total. The Bertz CT molecular complexity index is 8420. The summed E-state index contributed by atoms with van der Waals surface area (Å²) in [6.45, 7) is 40.4. The van der Waals surface area contributed by atoms with Crippen molar-refractivity contribution in [3.63, 3.8) is 0 Å². The van der Waals surface area contributed by atoms with Gasteiger partial charge in [0, 0.05) is 87.1 Å². The fourth-order valence-corrected chi connectivity index (χ4v) is 20.1. The highest BCUT2D eigenvalue weighted by Gasteiger charge is 2.29. The molecule has 9 nitrogen and oxygen atoms in total. The minimum absolute atomic E-state index is 0.116. The molecule has 1 aliphatic carbocycles. The molecule has 0 fully saturated rings. The Hall–Kier alpha value is -15.5. The maximum Gasteiger partial charge on any atom is 0.239 e. The second kappa shape index (κ2) is 36.2. The van der Waals surface area contributed by atoms with Crippen molar-refractivity contribution in [1.82, 2.24) is 37.8 Å². The summed E-state index contributed by atoms with van der Waals surface area (Å²) in [6, 6.07) is 143. The number of aromatic nitrogens is 8. The van der Waals surface area contributed by atoms with Crippen molar-refractivity contribution in [1.29, 1.82) is 0 Å². The standard InChI is InChI=1S/C31H25N5.3C22H21N.C17H18.C16H16O/c1-31(2,3)28-32-29(35-24-16-8-4-12-20(24)21-13-5-9-17-25(21)35)34-30(33-28)36-26-18-10-6-14-22(26)23-15-7-11-19-27(23)36;1-22(2,3)18-13-9-15-20-21(18)17-12-7-8-14-19(17)23(20)16-10-5-4-6-11-16;1-22(2,3)16-13-14-21-19(15-16)18-11-7-8-12-20(18)23(21)17-9-5-4-6-10-17;1-22(2,3)16-13-14-19-18-11-7-8-12-20(18)23(21(19)15-16)17-9-5-4-6-10-17;1-17(2,3)14-8-9-16-13(11-14)10-12-6-4-5-7-15(12)16;1-16(2,3)11-8-9-15-13(10-11)12-6-4-5-7-14(12)17-15/h4-19H,1-3H3;3*4-15H,1-3H3;4-9,11H,10H2,1-3H3;4-10H,1-3H3. The molecule has 688 valence electrons. The van der Waals surface area contributed by atoms with Gasteiger partial charge in [0.2, 0.25) is 11.9 Å². The van der Waals surface area contributed by atoms with Crippen molar-refractivity contribution in [3.8, 4) is 40.1 Å². The lowest BCUT2D eigenvalue weighted by atomic mass is 9.84. The summed E-state index contributed by atoms with van der Waals surface area (Å²) >= 11 is 0. The van der Waals surface area contributed by atoms with E-state index in [1.54, 1.807) is 0 Å². The fraction of sp³-hybridized carbons (Fsp3) is 0.192. The van der Waals surface area contributed by atoms with Gasteiger partial charge in [0.15, 0.2) is 0 Å². The van der Waals surface area contributed by atoms with E-state index in [2.05, 4.69) is 536 Å². The fourth-order valence-electron chi connectivity index (χ4n) is 20.1. The minimum Gasteiger partial charge on any atom is -0.456 e. The van der Waals surface area contributed by atoms with Gasteiger partial charge in [-0.15, -0.1) is 0 Å². The van der Waals surface area contributed by atoms with E-state index < -0.39 is 0 Å². The first-order valence-corrected chi connectivity index (χ1v) is 48.9. The van der Waals surface area contributed by atoms with Crippen LogP contribution in [0, 0.1) is 0 Å². The topological polar surface area (TPSA) is 76.5 Å². The molecule has 7 heterocycles. The highest BCUT2D eigenvalue weighted by atomic mass is 16.3. The SMILES string of the molecule is CC(C)(C)c1ccc2c(c1)Cc1ccccc1-2.CC(C)(C)c1ccc2c(c1)c1ccccc1n2-c1ccccc1.CC(C)(C)c1ccc2c3ccccc3n(-c3ccccc3)c2c1.CC(C)(C)c1ccc2oc3ccccc3c2c1.CC(C)(C)c1cccc2c1c1ccccc1n2-c1ccccc1.CC(C)(C)c1nc(-n2c3ccccc3c3ccccc32)nc(-n2c3ccccc3c3ccccc32)n1. The summed E-state index contributed by atoms with van der Waals surface area (Å²) in [5, 5.41) is 15.1. The molecule has 0 aliphatic heterocycles. The lowest BCUT2D eigenvalue weighted by Gasteiger charge is -2.20. The quantitative estimate of drug-likeness (QED) is 0.172. The number of hydrogen-bond acceptors (Lipinski definition) is 4. The second-order valence-electron chi connectivity index (χ2n) is 43.2. The van der Waals surface area contributed by atoms with Gasteiger partial charge in [0.05, 0.1) is 55.2 Å². The molecule has 0 saturated heterocycles. The maximum absolute atomic E-state index is 5.82. The molecule has 0 spiro atoms. The van der Waals surface area contributed by atoms with Crippen molar-refractivity contribution in [3.05, 3.63) is 445 Å². The molecule has 9 heteroatoms. The molecular formula is C130H122N8O. The normalized spacial score (nSPS) is 12.4. The summed E-state index contributed by atoms with van der Waals surface area (Å²) in [6.07, 6.45) is 1.09. The van der Waals surface area contributed by atoms with E-state index in [-0.39, 0.29) is 32.5 Å². The van der Waals surface area contributed by atoms with Crippen LogP contribution >= 0.6 is 0 Å². The summed E-state index contributed by atoms with van der Waals surface area (Å²) in [5.74, 6) is 2.01. The predicted octanol–water partition coefficient (Wildman–Crippen LogP) is 35.0. The monoisotopic (exact) mass is 1810 g/mol. The zero-order valence-electron chi connectivity index (χ0n) is 83.3. The van der Waals surface area contributed by atoms with Gasteiger partial charge in [0.25, 0.3) is 0 Å². The van der Waals surface area contributed by atoms with Gasteiger partial charge < -0.3 is 18.1 Å². The zero-order valence-corrected chi connectivity index (χ0v) is 83.3. The number of hydrogen-bond donors (Lipinski definition) is 0. The Balaban J connectivity index is 0.000000105. The molecule has 0 radical (unpaired) electrons. The number of rotatable bonds is 5. The van der Waals surface area contributed by atoms with Crippen LogP contribution in [-0.4, -0.2) is 37.8 Å². The van der Waals surface area contributed by atoms with Crippen molar-refractivity contribution in [2.45, 2.75) is 164 Å². The van der Waals surface area contributed by atoms with Crippen LogP contribution < -0.4 is 0 Å². The van der Waals surface area contributed by atoms with Crippen molar-refractivity contribution in [2.75, 3.05) is 0 Å². The number of furan rings is 1. The molecule has 0 unspecified atom stereocenters. The smallest absolute Gasteiger partial charge is 0.239 e. The van der Waals surface area contributed by atoms with E-state index in [0.29, 0.717) is 11.9 Å². The first-order valence-electron chi connectivity index (χ1n) is 48.9. The Morgan fingerprint density at radius 3 is 0.993 bits per heavy atom. The average molecular weight is 1810 g/mol. The van der Waals surface area contributed by atoms with Gasteiger partial charge in [-0.2, -0.15) is 15.0 Å². The minimum atomic E-state index is -0.260. The summed E-state index contributed by atoms with van der Waals surface area (Å²) in [7, 11) is 0. The maximum atomic E-state index is 5.82. The average Bonchev–Trinajstić information content (AvgIpc) is 1.67. The number of fused-ring (bicyclic) bond motifs is 21. The third-order valence-electron chi connectivity index (χ3n) is 27.4. The Labute approximate surface area is 816 Å². The van der Waals surface area contributed by atoms with Crippen LogP contribution in [0.5, 0.6) is 0 Å². The van der Waals surface area contributed by atoms with E-state index in [1.807, 2.05) is 12.1 Å². The Kier molecular flexibility index (Phi) is 23.8. The zero-order chi connectivity index (χ0) is 96.6. The molecule has 7 aromatic heterocycles. The second-order valence-corrected chi connectivity index (χ2v) is 43.2. The summed E-state index contributed by atoms with van der Waals surface area (Å²) in [5.41, 5.74) is 30.8. The first kappa shape index (κ1) is 91.3. The molecule has 0 amide bonds. The third kappa shape index (κ3) is 17.7. The lowest BCUT2D eigenvalue weighted by Crippen LogP contribution is -2.20. The van der Waals surface area contributed by atoms with Gasteiger partial charge in [0.1, 0.15) is 17.0 Å². The summed E-state index contributed by atoms with van der Waals surface area (Å²) < 4.78 is 17.3. The van der Waals surface area contributed by atoms with E-state index in [1.165, 1.54) is 165 Å². The molecule has 0 bridgehead atoms. The van der Waals surface area contributed by atoms with Crippen LogP contribution in [0.4, 0.5) is 0 Å². The van der Waals surface area contributed by atoms with Gasteiger partial charge >= 0.3 is 0 Å². The molecule has 24 aromatic rings. The van der Waals surface area contributed by atoms with Crippen molar-refractivity contribution in [2.24, 2.45) is 0 Å². The third-order valence-corrected chi connectivity index (χ3v) is 27.4. The van der Waals surface area contributed by atoms with Crippen molar-refractivity contribution >= 4 is 131 Å². The molecular weight excluding hydrogens is 1690 g/mol. The van der Waals surface area contributed by atoms with Gasteiger partial charge in [-0.1, -0.05) is 404 Å². The van der Waals surface area contributed by atoms with Gasteiger partial charge in [-0.05, 0) is 205 Å². The molecule has 139 heavy (non-hydrogen) atoms. The van der Waals surface area contributed by atoms with E-state index in [4.69, 9.17) is 19.4 Å². The number of para-hydroxylation sites is 11. The largest absolute Gasteiger partial charge is 0.456 e. The molecule has 17 aromatic carbocycles. The highest BCUT2D eigenvalue weighted by Crippen LogP contribution is 2.45.